The van der Waals surface area contributed by atoms with Gasteiger partial charge >= 0.3 is 0 Å². The lowest BCUT2D eigenvalue weighted by atomic mass is 10.1. The van der Waals surface area contributed by atoms with Crippen LogP contribution in [0.15, 0.2) is 22.9 Å². The molecule has 1 amide bonds. The highest BCUT2D eigenvalue weighted by Crippen LogP contribution is 2.08. The monoisotopic (exact) mass is 286 g/mol. The first-order chi connectivity index (χ1) is 7.63. The van der Waals surface area contributed by atoms with E-state index in [-0.39, 0.29) is 18.4 Å². The van der Waals surface area contributed by atoms with E-state index in [9.17, 15) is 4.79 Å². The van der Waals surface area contributed by atoms with Crippen molar-refractivity contribution in [2.75, 3.05) is 13.2 Å². The molecule has 0 radical (unpaired) electrons. The minimum Gasteiger partial charge on any atom is -0.396 e. The molecule has 2 N–H and O–H groups in total. The molecule has 1 heterocycles. The fourth-order valence-electron chi connectivity index (χ4n) is 1.24. The molecule has 0 saturated carbocycles. The van der Waals surface area contributed by atoms with Crippen molar-refractivity contribution in [2.45, 2.75) is 13.3 Å². The van der Waals surface area contributed by atoms with Gasteiger partial charge in [-0.1, -0.05) is 6.92 Å². The third kappa shape index (κ3) is 4.28. The van der Waals surface area contributed by atoms with Gasteiger partial charge in [-0.05, 0) is 40.4 Å². The summed E-state index contributed by atoms with van der Waals surface area (Å²) in [6.07, 6.45) is 2.27. The van der Waals surface area contributed by atoms with E-state index < -0.39 is 0 Å². The van der Waals surface area contributed by atoms with Gasteiger partial charge in [0.2, 0.25) is 0 Å². The number of pyridine rings is 1. The molecule has 0 spiro atoms. The number of nitrogens with zero attached hydrogens (tertiary/aromatic N) is 1. The number of aliphatic hydroxyl groups excluding tert-OH is 1. The smallest absolute Gasteiger partial charge is 0.251 e. The summed E-state index contributed by atoms with van der Waals surface area (Å²) in [5, 5.41) is 11.5. The molecule has 1 atom stereocenters. The lowest BCUT2D eigenvalue weighted by Gasteiger charge is -2.11. The van der Waals surface area contributed by atoms with Crippen LogP contribution in [0, 0.1) is 5.92 Å². The number of aliphatic hydroxyl groups is 1. The van der Waals surface area contributed by atoms with Crippen LogP contribution in [0.5, 0.6) is 0 Å². The van der Waals surface area contributed by atoms with E-state index in [2.05, 4.69) is 26.2 Å². The first-order valence-corrected chi connectivity index (χ1v) is 5.93. The first-order valence-electron chi connectivity index (χ1n) is 5.14. The summed E-state index contributed by atoms with van der Waals surface area (Å²) in [6, 6.07) is 3.34. The van der Waals surface area contributed by atoms with Gasteiger partial charge in [0.05, 0.1) is 0 Å². The third-order valence-corrected chi connectivity index (χ3v) is 2.66. The van der Waals surface area contributed by atoms with Crippen LogP contribution in [0.4, 0.5) is 0 Å². The van der Waals surface area contributed by atoms with Crippen LogP contribution in [-0.2, 0) is 0 Å². The van der Waals surface area contributed by atoms with Crippen molar-refractivity contribution in [3.05, 3.63) is 28.5 Å². The lowest BCUT2D eigenvalue weighted by molar-refractivity contribution is 0.0945. The van der Waals surface area contributed by atoms with Gasteiger partial charge in [0, 0.05) is 24.9 Å². The average molecular weight is 287 g/mol. The fourth-order valence-corrected chi connectivity index (χ4v) is 1.60. The molecule has 0 aliphatic rings. The van der Waals surface area contributed by atoms with Crippen LogP contribution in [0.25, 0.3) is 0 Å². The molecular formula is C11H15BrN2O2. The van der Waals surface area contributed by atoms with Crippen LogP contribution in [0.3, 0.4) is 0 Å². The topological polar surface area (TPSA) is 62.2 Å². The van der Waals surface area contributed by atoms with Crippen molar-refractivity contribution in [1.29, 1.82) is 0 Å². The van der Waals surface area contributed by atoms with Crippen molar-refractivity contribution >= 4 is 21.8 Å². The van der Waals surface area contributed by atoms with Crippen molar-refractivity contribution in [3.63, 3.8) is 0 Å². The number of rotatable bonds is 5. The maximum absolute atomic E-state index is 11.7. The van der Waals surface area contributed by atoms with Gasteiger partial charge in [0.15, 0.2) is 0 Å². The van der Waals surface area contributed by atoms with Crippen LogP contribution < -0.4 is 5.32 Å². The maximum Gasteiger partial charge on any atom is 0.251 e. The summed E-state index contributed by atoms with van der Waals surface area (Å²) in [6.45, 7) is 2.70. The van der Waals surface area contributed by atoms with Crippen molar-refractivity contribution in [1.82, 2.24) is 10.3 Å². The molecular weight excluding hydrogens is 272 g/mol. The number of carbonyl (C=O) groups is 1. The van der Waals surface area contributed by atoms with E-state index in [0.29, 0.717) is 23.1 Å². The van der Waals surface area contributed by atoms with Gasteiger partial charge in [0.1, 0.15) is 4.60 Å². The lowest BCUT2D eigenvalue weighted by Crippen LogP contribution is -2.28. The van der Waals surface area contributed by atoms with E-state index >= 15 is 0 Å². The normalized spacial score (nSPS) is 12.2. The molecule has 0 fully saturated rings. The van der Waals surface area contributed by atoms with Crippen molar-refractivity contribution < 1.29 is 9.90 Å². The molecule has 0 bridgehead atoms. The maximum atomic E-state index is 11.7. The van der Waals surface area contributed by atoms with Crippen LogP contribution in [0.1, 0.15) is 23.7 Å². The van der Waals surface area contributed by atoms with Gasteiger partial charge in [-0.25, -0.2) is 4.98 Å². The Balaban J connectivity index is 2.47. The summed E-state index contributed by atoms with van der Waals surface area (Å²) in [5.74, 6) is 0.159. The Morgan fingerprint density at radius 3 is 3.06 bits per heavy atom. The second kappa shape index (κ2) is 6.60. The predicted molar refractivity (Wildman–Crippen MR) is 65.1 cm³/mol. The van der Waals surface area contributed by atoms with Crippen molar-refractivity contribution in [2.24, 2.45) is 5.92 Å². The molecule has 88 valence electrons. The SMILES string of the molecule is CC(CCO)CNC(=O)c1ccnc(Br)c1. The summed E-state index contributed by atoms with van der Waals surface area (Å²) in [7, 11) is 0. The van der Waals surface area contributed by atoms with Crippen LogP contribution in [-0.4, -0.2) is 29.1 Å². The molecule has 5 heteroatoms. The second-order valence-corrected chi connectivity index (χ2v) is 4.51. The molecule has 1 rings (SSSR count). The Morgan fingerprint density at radius 1 is 1.69 bits per heavy atom. The third-order valence-electron chi connectivity index (χ3n) is 2.22. The van der Waals surface area contributed by atoms with E-state index in [0.717, 1.165) is 0 Å². The second-order valence-electron chi connectivity index (χ2n) is 3.69. The highest BCUT2D eigenvalue weighted by atomic mass is 79.9. The number of amides is 1. The van der Waals surface area contributed by atoms with E-state index in [1.165, 1.54) is 0 Å². The molecule has 4 nitrogen and oxygen atoms in total. The predicted octanol–water partition coefficient (Wildman–Crippen LogP) is 1.59. The highest BCUT2D eigenvalue weighted by Gasteiger charge is 2.07. The van der Waals surface area contributed by atoms with E-state index in [4.69, 9.17) is 5.11 Å². The summed E-state index contributed by atoms with van der Waals surface area (Å²) < 4.78 is 0.642. The van der Waals surface area contributed by atoms with Crippen LogP contribution >= 0.6 is 15.9 Å². The molecule has 0 aromatic carbocycles. The van der Waals surface area contributed by atoms with Crippen molar-refractivity contribution in [3.8, 4) is 0 Å². The molecule has 0 aliphatic carbocycles. The molecule has 1 aromatic rings. The quantitative estimate of drug-likeness (QED) is 0.808. The Morgan fingerprint density at radius 2 is 2.44 bits per heavy atom. The molecule has 1 unspecified atom stereocenters. The summed E-state index contributed by atoms with van der Waals surface area (Å²) >= 11 is 3.21. The average Bonchev–Trinajstić information content (AvgIpc) is 2.26. The Labute approximate surface area is 103 Å². The zero-order valence-electron chi connectivity index (χ0n) is 9.11. The summed E-state index contributed by atoms with van der Waals surface area (Å²) in [5.41, 5.74) is 0.582. The van der Waals surface area contributed by atoms with E-state index in [1.807, 2.05) is 6.92 Å². The molecule has 1 aromatic heterocycles. The number of halogens is 1. The van der Waals surface area contributed by atoms with Gasteiger partial charge in [-0.15, -0.1) is 0 Å². The van der Waals surface area contributed by atoms with Gasteiger partial charge in [-0.3, -0.25) is 4.79 Å². The Kier molecular flexibility index (Phi) is 5.42. The Hall–Kier alpha value is -0.940. The molecule has 0 saturated heterocycles. The fraction of sp³-hybridized carbons (Fsp3) is 0.455. The number of aromatic nitrogens is 1. The number of carbonyl (C=O) groups excluding carboxylic acids is 1. The molecule has 16 heavy (non-hydrogen) atoms. The Bertz CT molecular complexity index is 358. The van der Waals surface area contributed by atoms with Crippen LogP contribution in [0.2, 0.25) is 0 Å². The zero-order valence-corrected chi connectivity index (χ0v) is 10.7. The highest BCUT2D eigenvalue weighted by molar-refractivity contribution is 9.10. The summed E-state index contributed by atoms with van der Waals surface area (Å²) in [4.78, 5) is 15.6. The minimum absolute atomic E-state index is 0.118. The largest absolute Gasteiger partial charge is 0.396 e. The standard InChI is InChI=1S/C11H15BrN2O2/c1-8(3-5-15)7-14-11(16)9-2-4-13-10(12)6-9/h2,4,6,8,15H,3,5,7H2,1H3,(H,14,16). The van der Waals surface area contributed by atoms with Gasteiger partial charge in [-0.2, -0.15) is 0 Å². The minimum atomic E-state index is -0.118. The number of hydrogen-bond donors (Lipinski definition) is 2. The van der Waals surface area contributed by atoms with Gasteiger partial charge < -0.3 is 10.4 Å². The van der Waals surface area contributed by atoms with Gasteiger partial charge in [0.25, 0.3) is 5.91 Å². The first kappa shape index (κ1) is 13.1. The zero-order chi connectivity index (χ0) is 12.0. The molecule has 0 aliphatic heterocycles. The van der Waals surface area contributed by atoms with E-state index in [1.54, 1.807) is 18.3 Å². The number of nitrogens with one attached hydrogen (secondary N) is 1. The number of hydrogen-bond acceptors (Lipinski definition) is 3.